The predicted octanol–water partition coefficient (Wildman–Crippen LogP) is 4.55. The van der Waals surface area contributed by atoms with Crippen molar-refractivity contribution in [3.05, 3.63) is 30.5 Å². The summed E-state index contributed by atoms with van der Waals surface area (Å²) in [5.41, 5.74) is 2.49. The maximum atomic E-state index is 3.71. The van der Waals surface area contributed by atoms with E-state index in [1.165, 1.54) is 48.7 Å². The molecule has 1 fully saturated rings. The fourth-order valence-electron chi connectivity index (χ4n) is 3.17. The Labute approximate surface area is 109 Å². The van der Waals surface area contributed by atoms with E-state index in [0.29, 0.717) is 6.04 Å². The van der Waals surface area contributed by atoms with Crippen LogP contribution in [0.2, 0.25) is 0 Å². The normalized spacial score (nSPS) is 24.3. The van der Waals surface area contributed by atoms with Crippen LogP contribution in [0.5, 0.6) is 0 Å². The molecule has 1 aliphatic carbocycles. The van der Waals surface area contributed by atoms with Crippen molar-refractivity contribution in [3.8, 4) is 0 Å². The van der Waals surface area contributed by atoms with Gasteiger partial charge in [0.25, 0.3) is 0 Å². The molecule has 2 atom stereocenters. The van der Waals surface area contributed by atoms with Crippen molar-refractivity contribution < 1.29 is 0 Å². The summed E-state index contributed by atoms with van der Waals surface area (Å²) in [6.45, 7) is 2.32. The first-order valence-electron chi connectivity index (χ1n) is 7.19. The van der Waals surface area contributed by atoms with Gasteiger partial charge >= 0.3 is 0 Å². The molecule has 0 bridgehead atoms. The molecule has 0 amide bonds. The molecule has 1 heterocycles. The second kappa shape index (κ2) is 5.05. The van der Waals surface area contributed by atoms with E-state index in [-0.39, 0.29) is 0 Å². The molecule has 3 rings (SSSR count). The number of benzene rings is 1. The largest absolute Gasteiger partial charge is 0.382 e. The SMILES string of the molecule is CCC1CCCC(Nc2ccc3[nH]ccc3c2)C1. The number of aromatic nitrogens is 1. The van der Waals surface area contributed by atoms with Gasteiger partial charge in [0.15, 0.2) is 0 Å². The molecule has 0 radical (unpaired) electrons. The van der Waals surface area contributed by atoms with E-state index < -0.39 is 0 Å². The maximum absolute atomic E-state index is 3.71. The van der Waals surface area contributed by atoms with E-state index in [1.54, 1.807) is 0 Å². The molecular formula is C16H22N2. The van der Waals surface area contributed by atoms with Crippen LogP contribution in [-0.2, 0) is 0 Å². The summed E-state index contributed by atoms with van der Waals surface area (Å²) >= 11 is 0. The average molecular weight is 242 g/mol. The third-order valence-electron chi connectivity index (χ3n) is 4.28. The zero-order valence-electron chi connectivity index (χ0n) is 11.1. The molecule has 1 saturated carbocycles. The van der Waals surface area contributed by atoms with E-state index in [2.05, 4.69) is 41.5 Å². The van der Waals surface area contributed by atoms with Crippen molar-refractivity contribution >= 4 is 16.6 Å². The molecule has 18 heavy (non-hydrogen) atoms. The van der Waals surface area contributed by atoms with E-state index in [1.807, 2.05) is 6.20 Å². The van der Waals surface area contributed by atoms with Gasteiger partial charge in [-0.25, -0.2) is 0 Å². The number of hydrogen-bond donors (Lipinski definition) is 2. The summed E-state index contributed by atoms with van der Waals surface area (Å²) in [7, 11) is 0. The Morgan fingerprint density at radius 2 is 2.22 bits per heavy atom. The zero-order chi connectivity index (χ0) is 12.4. The molecule has 2 aromatic rings. The number of fused-ring (bicyclic) bond motifs is 1. The Morgan fingerprint density at radius 3 is 3.11 bits per heavy atom. The lowest BCUT2D eigenvalue weighted by atomic mass is 9.84. The molecule has 0 spiro atoms. The fraction of sp³-hybridized carbons (Fsp3) is 0.500. The Hall–Kier alpha value is -1.44. The van der Waals surface area contributed by atoms with Crippen LogP contribution in [0, 0.1) is 5.92 Å². The predicted molar refractivity (Wildman–Crippen MR) is 78.0 cm³/mol. The van der Waals surface area contributed by atoms with Gasteiger partial charge in [0.2, 0.25) is 0 Å². The van der Waals surface area contributed by atoms with E-state index >= 15 is 0 Å². The lowest BCUT2D eigenvalue weighted by Gasteiger charge is -2.29. The number of hydrogen-bond acceptors (Lipinski definition) is 1. The second-order valence-corrected chi connectivity index (χ2v) is 5.56. The molecule has 96 valence electrons. The van der Waals surface area contributed by atoms with Crippen LogP contribution < -0.4 is 5.32 Å². The van der Waals surface area contributed by atoms with Gasteiger partial charge in [-0.15, -0.1) is 0 Å². The van der Waals surface area contributed by atoms with Gasteiger partial charge in [-0.1, -0.05) is 26.2 Å². The van der Waals surface area contributed by atoms with Crippen molar-refractivity contribution in [2.75, 3.05) is 5.32 Å². The van der Waals surface area contributed by atoms with E-state index in [9.17, 15) is 0 Å². The van der Waals surface area contributed by atoms with Crippen LogP contribution in [0.4, 0.5) is 5.69 Å². The van der Waals surface area contributed by atoms with Crippen LogP contribution in [0.15, 0.2) is 30.5 Å². The van der Waals surface area contributed by atoms with Crippen molar-refractivity contribution in [3.63, 3.8) is 0 Å². The number of rotatable bonds is 3. The second-order valence-electron chi connectivity index (χ2n) is 5.56. The third-order valence-corrected chi connectivity index (χ3v) is 4.28. The molecular weight excluding hydrogens is 220 g/mol. The molecule has 1 aliphatic rings. The molecule has 0 saturated heterocycles. The van der Waals surface area contributed by atoms with Crippen molar-refractivity contribution in [2.45, 2.75) is 45.1 Å². The van der Waals surface area contributed by atoms with Gasteiger partial charge in [-0.2, -0.15) is 0 Å². The highest BCUT2D eigenvalue weighted by Gasteiger charge is 2.20. The molecule has 1 aromatic carbocycles. The highest BCUT2D eigenvalue weighted by Crippen LogP contribution is 2.29. The monoisotopic (exact) mass is 242 g/mol. The van der Waals surface area contributed by atoms with Gasteiger partial charge in [0.1, 0.15) is 0 Å². The van der Waals surface area contributed by atoms with Crippen LogP contribution in [0.25, 0.3) is 10.9 Å². The van der Waals surface area contributed by atoms with Crippen molar-refractivity contribution in [1.82, 2.24) is 4.98 Å². The number of aromatic amines is 1. The Kier molecular flexibility index (Phi) is 3.26. The standard InChI is InChI=1S/C16H22N2/c1-2-12-4-3-5-14(10-12)18-15-6-7-16-13(11-15)8-9-17-16/h6-9,11-12,14,17-18H,2-5,10H2,1H3. The van der Waals surface area contributed by atoms with E-state index in [0.717, 1.165) is 5.92 Å². The quantitative estimate of drug-likeness (QED) is 0.812. The summed E-state index contributed by atoms with van der Waals surface area (Å²) < 4.78 is 0. The van der Waals surface area contributed by atoms with Gasteiger partial charge in [0, 0.05) is 28.8 Å². The molecule has 1 aromatic heterocycles. The average Bonchev–Trinajstić information content (AvgIpc) is 2.86. The van der Waals surface area contributed by atoms with Gasteiger partial charge in [-0.3, -0.25) is 0 Å². The molecule has 2 nitrogen and oxygen atoms in total. The lowest BCUT2D eigenvalue weighted by Crippen LogP contribution is -2.26. The Balaban J connectivity index is 1.71. The van der Waals surface area contributed by atoms with Crippen molar-refractivity contribution in [2.24, 2.45) is 5.92 Å². The first kappa shape index (κ1) is 11.6. The maximum Gasteiger partial charge on any atom is 0.0455 e. The minimum absolute atomic E-state index is 0.667. The Morgan fingerprint density at radius 1 is 1.28 bits per heavy atom. The first-order valence-corrected chi connectivity index (χ1v) is 7.19. The molecule has 2 heteroatoms. The number of nitrogens with one attached hydrogen (secondary N) is 2. The molecule has 2 N–H and O–H groups in total. The topological polar surface area (TPSA) is 27.8 Å². The minimum atomic E-state index is 0.667. The summed E-state index contributed by atoms with van der Waals surface area (Å²) in [5.74, 6) is 0.923. The molecule has 0 aliphatic heterocycles. The van der Waals surface area contributed by atoms with E-state index in [4.69, 9.17) is 0 Å². The summed E-state index contributed by atoms with van der Waals surface area (Å²) in [6, 6.07) is 9.41. The van der Waals surface area contributed by atoms with Gasteiger partial charge < -0.3 is 10.3 Å². The number of anilines is 1. The zero-order valence-corrected chi connectivity index (χ0v) is 11.1. The summed E-state index contributed by atoms with van der Waals surface area (Å²) in [5, 5.41) is 5.01. The summed E-state index contributed by atoms with van der Waals surface area (Å²) in [6.07, 6.45) is 8.79. The molecule has 2 unspecified atom stereocenters. The highest BCUT2D eigenvalue weighted by molar-refractivity contribution is 5.83. The smallest absolute Gasteiger partial charge is 0.0455 e. The van der Waals surface area contributed by atoms with Crippen LogP contribution >= 0.6 is 0 Å². The first-order chi connectivity index (χ1) is 8.85. The minimum Gasteiger partial charge on any atom is -0.382 e. The summed E-state index contributed by atoms with van der Waals surface area (Å²) in [4.78, 5) is 3.24. The van der Waals surface area contributed by atoms with Gasteiger partial charge in [0.05, 0.1) is 0 Å². The highest BCUT2D eigenvalue weighted by atomic mass is 14.9. The van der Waals surface area contributed by atoms with Crippen LogP contribution in [0.3, 0.4) is 0 Å². The van der Waals surface area contributed by atoms with Crippen molar-refractivity contribution in [1.29, 1.82) is 0 Å². The Bertz CT molecular complexity index is 515. The van der Waals surface area contributed by atoms with Crippen LogP contribution in [-0.4, -0.2) is 11.0 Å². The number of H-pyrrole nitrogens is 1. The van der Waals surface area contributed by atoms with Crippen LogP contribution in [0.1, 0.15) is 39.0 Å². The van der Waals surface area contributed by atoms with Gasteiger partial charge in [-0.05, 0) is 43.0 Å². The third kappa shape index (κ3) is 2.38. The fourth-order valence-corrected chi connectivity index (χ4v) is 3.17. The lowest BCUT2D eigenvalue weighted by molar-refractivity contribution is 0.327.